The van der Waals surface area contributed by atoms with E-state index in [0.29, 0.717) is 5.56 Å². The van der Waals surface area contributed by atoms with Gasteiger partial charge in [0.2, 0.25) is 11.8 Å². The van der Waals surface area contributed by atoms with E-state index in [1.54, 1.807) is 6.92 Å². The van der Waals surface area contributed by atoms with Gasteiger partial charge in [0.15, 0.2) is 0 Å². The van der Waals surface area contributed by atoms with Crippen molar-refractivity contribution >= 4 is 47.2 Å². The van der Waals surface area contributed by atoms with E-state index in [1.165, 1.54) is 0 Å². The molecule has 64 heavy (non-hydrogen) atoms. The highest BCUT2D eigenvalue weighted by molar-refractivity contribution is 6.31. The van der Waals surface area contributed by atoms with Crippen LogP contribution in [0.1, 0.15) is 86.6 Å². The number of alkyl carbamates (subject to hydrolysis) is 1. The molecule has 2 fully saturated rings. The molecule has 0 radical (unpaired) electrons. The Morgan fingerprint density at radius 3 is 1.50 bits per heavy atom. The monoisotopic (exact) mass is 914 g/mol. The third-order valence-corrected chi connectivity index (χ3v) is 13.7. The molecular weight excluding hydrogens is 851 g/mol. The normalized spacial score (nSPS) is 21.6. The highest BCUT2D eigenvalue weighted by Crippen LogP contribution is 2.38. The van der Waals surface area contributed by atoms with Crippen molar-refractivity contribution in [1.29, 1.82) is 0 Å². The number of hydrogen-bond donors (Lipinski definition) is 5. The maximum absolute atomic E-state index is 13.4. The number of halogens is 2. The van der Waals surface area contributed by atoms with E-state index >= 15 is 0 Å². The van der Waals surface area contributed by atoms with Gasteiger partial charge in [-0.3, -0.25) is 9.59 Å². The van der Waals surface area contributed by atoms with Crippen molar-refractivity contribution in [2.24, 2.45) is 0 Å². The van der Waals surface area contributed by atoms with Crippen LogP contribution >= 0.6 is 23.2 Å². The van der Waals surface area contributed by atoms with Crippen LogP contribution in [0.25, 0.3) is 0 Å². The number of benzene rings is 4. The Hall–Kier alpha value is -5.14. The van der Waals surface area contributed by atoms with Gasteiger partial charge in [-0.15, -0.1) is 0 Å². The molecule has 4 aromatic carbocycles. The van der Waals surface area contributed by atoms with Crippen LogP contribution < -0.4 is 21.3 Å². The maximum atomic E-state index is 13.4. The van der Waals surface area contributed by atoms with Crippen molar-refractivity contribution in [2.75, 3.05) is 28.2 Å². The van der Waals surface area contributed by atoms with Gasteiger partial charge in [0.05, 0.1) is 0 Å². The standard InChI is InChI=1S/C31H36ClN3O3.C19H28ClN3O3/c1-35(2)31(21-25-15-9-10-16-27(25)32)19-17-26(18-20-31)33-29(36)28(24-13-7-4-8-14-24)34-30(37)38-22-23-11-5-3-6-12-23;1-13(21-18(25)26)17(24)22-15-8-10-19(11-9-15,23(2)3)12-14-6-4-5-7-16(14)20/h3-16,26,28H,17-22H2,1-2H3,(H,33,36)(H,34,37);4-7,13,15,21H,8-12H2,1-3H3,(H,22,24)(H,25,26). The fourth-order valence-corrected chi connectivity index (χ4v) is 9.25. The highest BCUT2D eigenvalue weighted by atomic mass is 35.5. The highest BCUT2D eigenvalue weighted by Gasteiger charge is 2.40. The van der Waals surface area contributed by atoms with Crippen LogP contribution in [0.15, 0.2) is 109 Å². The molecule has 2 aliphatic carbocycles. The van der Waals surface area contributed by atoms with Gasteiger partial charge in [-0.2, -0.15) is 0 Å². The Balaban J connectivity index is 0.000000259. The zero-order valence-corrected chi connectivity index (χ0v) is 39.1. The van der Waals surface area contributed by atoms with Crippen molar-refractivity contribution in [3.05, 3.63) is 141 Å². The molecule has 12 nitrogen and oxygen atoms in total. The average molecular weight is 916 g/mol. The Morgan fingerprint density at radius 1 is 0.641 bits per heavy atom. The summed E-state index contributed by atoms with van der Waals surface area (Å²) in [6, 6.07) is 33.2. The number of carbonyl (C=O) groups excluding carboxylic acids is 3. The van der Waals surface area contributed by atoms with Gasteiger partial charge in [-0.1, -0.05) is 120 Å². The number of carbonyl (C=O) groups is 4. The molecule has 6 rings (SSSR count). The van der Waals surface area contributed by atoms with Crippen molar-refractivity contribution in [2.45, 2.75) is 113 Å². The van der Waals surface area contributed by atoms with Gasteiger partial charge < -0.3 is 40.9 Å². The molecule has 2 atom stereocenters. The maximum Gasteiger partial charge on any atom is 0.408 e. The number of amides is 4. The third kappa shape index (κ3) is 14.2. The molecular formula is C50H64Cl2N6O6. The first kappa shape index (κ1) is 49.9. The second-order valence-corrected chi connectivity index (χ2v) is 18.4. The van der Waals surface area contributed by atoms with E-state index in [1.807, 2.05) is 97.1 Å². The van der Waals surface area contributed by atoms with E-state index in [2.05, 4.69) is 71.4 Å². The minimum atomic E-state index is -1.19. The van der Waals surface area contributed by atoms with Crippen LogP contribution in [0.4, 0.5) is 9.59 Å². The van der Waals surface area contributed by atoms with Crippen molar-refractivity contribution < 1.29 is 29.0 Å². The third-order valence-electron chi connectivity index (χ3n) is 13.0. The molecule has 0 heterocycles. The number of ether oxygens (including phenoxy) is 1. The van der Waals surface area contributed by atoms with Gasteiger partial charge in [-0.25, -0.2) is 9.59 Å². The van der Waals surface area contributed by atoms with Gasteiger partial charge in [0.1, 0.15) is 18.7 Å². The molecule has 2 saturated carbocycles. The molecule has 0 aromatic heterocycles. The molecule has 0 saturated heterocycles. The number of nitrogens with zero attached hydrogens (tertiary/aromatic N) is 2. The second-order valence-electron chi connectivity index (χ2n) is 17.6. The minimum absolute atomic E-state index is 0.0111. The summed E-state index contributed by atoms with van der Waals surface area (Å²) < 4.78 is 5.39. The Bertz CT molecular complexity index is 2130. The lowest BCUT2D eigenvalue weighted by atomic mass is 9.74. The Labute approximate surface area is 388 Å². The summed E-state index contributed by atoms with van der Waals surface area (Å²) in [6.45, 7) is 1.68. The fourth-order valence-electron chi connectivity index (χ4n) is 8.85. The SMILES string of the molecule is CC(NC(=O)O)C(=O)NC1CCC(Cc2ccccc2Cl)(N(C)C)CC1.CN(C)C1(Cc2ccccc2Cl)CCC(NC(=O)C(NC(=O)OCc2ccccc2)c2ccccc2)CC1. The van der Waals surface area contributed by atoms with Crippen LogP contribution in [0.5, 0.6) is 0 Å². The number of likely N-dealkylation sites (N-methyl/N-ethyl adjacent to an activating group) is 2. The number of rotatable bonds is 15. The quantitative estimate of drug-likeness (QED) is 0.0794. The van der Waals surface area contributed by atoms with Crippen molar-refractivity contribution in [1.82, 2.24) is 31.1 Å². The fraction of sp³-hybridized carbons (Fsp3) is 0.440. The lowest BCUT2D eigenvalue weighted by Gasteiger charge is -2.45. The number of hydrogen-bond acceptors (Lipinski definition) is 7. The topological polar surface area (TPSA) is 152 Å². The molecule has 4 aromatic rings. The zero-order chi connectivity index (χ0) is 46.3. The Morgan fingerprint density at radius 2 is 1.06 bits per heavy atom. The summed E-state index contributed by atoms with van der Waals surface area (Å²) in [5.74, 6) is -0.512. The molecule has 4 amide bonds. The van der Waals surface area contributed by atoms with E-state index < -0.39 is 24.3 Å². The average Bonchev–Trinajstić information content (AvgIpc) is 3.28. The van der Waals surface area contributed by atoms with Crippen molar-refractivity contribution in [3.63, 3.8) is 0 Å². The van der Waals surface area contributed by atoms with Crippen molar-refractivity contribution in [3.8, 4) is 0 Å². The van der Waals surface area contributed by atoms with Crippen LogP contribution in [-0.2, 0) is 33.8 Å². The lowest BCUT2D eigenvalue weighted by molar-refractivity contribution is -0.124. The molecule has 2 aliphatic rings. The summed E-state index contributed by atoms with van der Waals surface area (Å²) in [4.78, 5) is 53.4. The first-order chi connectivity index (χ1) is 30.6. The molecule has 0 bridgehead atoms. The lowest BCUT2D eigenvalue weighted by Crippen LogP contribution is -2.54. The van der Waals surface area contributed by atoms with Gasteiger partial charge in [0, 0.05) is 33.2 Å². The van der Waals surface area contributed by atoms with Gasteiger partial charge in [0.25, 0.3) is 0 Å². The number of nitrogens with one attached hydrogen (secondary N) is 4. The predicted molar refractivity (Wildman–Crippen MR) is 254 cm³/mol. The summed E-state index contributed by atoms with van der Waals surface area (Å²) in [6.07, 6.45) is 7.05. The smallest absolute Gasteiger partial charge is 0.408 e. The summed E-state index contributed by atoms with van der Waals surface area (Å²) in [7, 11) is 8.42. The van der Waals surface area contributed by atoms with E-state index in [9.17, 15) is 19.2 Å². The molecule has 2 unspecified atom stereocenters. The van der Waals surface area contributed by atoms with E-state index in [-0.39, 0.29) is 41.6 Å². The molecule has 0 aliphatic heterocycles. The predicted octanol–water partition coefficient (Wildman–Crippen LogP) is 8.81. The summed E-state index contributed by atoms with van der Waals surface area (Å²) in [5.41, 5.74) is 3.87. The van der Waals surface area contributed by atoms with Crippen LogP contribution in [0, 0.1) is 0 Å². The first-order valence-corrected chi connectivity index (χ1v) is 22.8. The Kier molecular flexibility index (Phi) is 18.5. The van der Waals surface area contributed by atoms with E-state index in [4.69, 9.17) is 33.0 Å². The van der Waals surface area contributed by atoms with Crippen LogP contribution in [-0.4, -0.2) is 96.3 Å². The summed E-state index contributed by atoms with van der Waals surface area (Å²) >= 11 is 12.8. The van der Waals surface area contributed by atoms with E-state index in [0.717, 1.165) is 90.9 Å². The van der Waals surface area contributed by atoms with Crippen LogP contribution in [0.2, 0.25) is 10.0 Å². The first-order valence-electron chi connectivity index (χ1n) is 22.0. The van der Waals surface area contributed by atoms with Gasteiger partial charge >= 0.3 is 12.2 Å². The zero-order valence-electron chi connectivity index (χ0n) is 37.6. The minimum Gasteiger partial charge on any atom is -0.465 e. The molecule has 344 valence electrons. The largest absolute Gasteiger partial charge is 0.465 e. The molecule has 0 spiro atoms. The second kappa shape index (κ2) is 23.7. The summed E-state index contributed by atoms with van der Waals surface area (Å²) in [5, 5.41) is 21.4. The molecule has 5 N–H and O–H groups in total. The number of carboxylic acid groups (broad SMARTS) is 1. The van der Waals surface area contributed by atoms with Gasteiger partial charge in [-0.05, 0) is 134 Å². The van der Waals surface area contributed by atoms with Crippen LogP contribution in [0.3, 0.4) is 0 Å². The molecule has 14 heteroatoms.